The lowest BCUT2D eigenvalue weighted by Gasteiger charge is -1.91. The van der Waals surface area contributed by atoms with Crippen molar-refractivity contribution in [3.63, 3.8) is 0 Å². The van der Waals surface area contributed by atoms with E-state index < -0.39 is 0 Å². The van der Waals surface area contributed by atoms with E-state index in [2.05, 4.69) is 4.98 Å². The van der Waals surface area contributed by atoms with Crippen molar-refractivity contribution < 1.29 is 0 Å². The summed E-state index contributed by atoms with van der Waals surface area (Å²) in [6.45, 7) is 0.575. The molecule has 1 rings (SSSR count). The van der Waals surface area contributed by atoms with Gasteiger partial charge in [0.25, 0.3) is 0 Å². The average molecular weight is 137 g/mol. The van der Waals surface area contributed by atoms with Crippen LogP contribution in [0.1, 0.15) is 5.69 Å². The molecule has 3 heteroatoms. The number of hydrogen-bond donors (Lipinski definition) is 1. The second-order valence-electron chi connectivity index (χ2n) is 2.07. The number of nitrogens with zero attached hydrogens (tertiary/aromatic N) is 2. The van der Waals surface area contributed by atoms with Gasteiger partial charge in [-0.2, -0.15) is 0 Å². The molecule has 0 aliphatic heterocycles. The third kappa shape index (κ3) is 1.45. The summed E-state index contributed by atoms with van der Waals surface area (Å²) < 4.78 is 1.94. The molecule has 0 saturated carbocycles. The molecule has 0 amide bonds. The van der Waals surface area contributed by atoms with E-state index in [9.17, 15) is 0 Å². The van der Waals surface area contributed by atoms with Gasteiger partial charge in [0.2, 0.25) is 0 Å². The highest BCUT2D eigenvalue weighted by Gasteiger charge is 1.88. The predicted octanol–water partition coefficient (Wildman–Crippen LogP) is 0.392. The number of aryl methyl sites for hydroxylation is 1. The lowest BCUT2D eigenvalue weighted by atomic mass is 10.4. The standard InChI is InChI=1S/C7H11N3/c1-10-6-9-5-7(10)3-2-4-8/h2-3,5-6H,4,8H2,1H3. The largest absolute Gasteiger partial charge is 0.334 e. The molecule has 0 bridgehead atoms. The molecular weight excluding hydrogens is 126 g/mol. The fourth-order valence-electron chi connectivity index (χ4n) is 0.717. The molecule has 0 spiro atoms. The van der Waals surface area contributed by atoms with Crippen LogP contribution < -0.4 is 5.73 Å². The molecule has 54 valence electrons. The number of rotatable bonds is 2. The Kier molecular flexibility index (Phi) is 2.23. The first-order valence-electron chi connectivity index (χ1n) is 3.17. The van der Waals surface area contributed by atoms with Gasteiger partial charge in [-0.05, 0) is 6.08 Å². The van der Waals surface area contributed by atoms with Gasteiger partial charge in [-0.1, -0.05) is 6.08 Å². The number of imidazole rings is 1. The second kappa shape index (κ2) is 3.17. The van der Waals surface area contributed by atoms with Gasteiger partial charge in [-0.3, -0.25) is 0 Å². The molecule has 1 heterocycles. The van der Waals surface area contributed by atoms with Crippen molar-refractivity contribution in [2.24, 2.45) is 12.8 Å². The van der Waals surface area contributed by atoms with Crippen molar-refractivity contribution in [2.75, 3.05) is 6.54 Å². The summed E-state index contributed by atoms with van der Waals surface area (Å²) in [5.41, 5.74) is 6.35. The minimum absolute atomic E-state index is 0.575. The van der Waals surface area contributed by atoms with Crippen LogP contribution in [0.4, 0.5) is 0 Å². The van der Waals surface area contributed by atoms with E-state index in [-0.39, 0.29) is 0 Å². The molecule has 0 aromatic carbocycles. The Morgan fingerprint density at radius 2 is 2.60 bits per heavy atom. The lowest BCUT2D eigenvalue weighted by Crippen LogP contribution is -1.93. The zero-order chi connectivity index (χ0) is 7.40. The summed E-state index contributed by atoms with van der Waals surface area (Å²) in [5.74, 6) is 0. The molecule has 0 saturated heterocycles. The van der Waals surface area contributed by atoms with Gasteiger partial charge in [-0.15, -0.1) is 0 Å². The highest BCUT2D eigenvalue weighted by Crippen LogP contribution is 1.97. The Balaban J connectivity index is 2.74. The van der Waals surface area contributed by atoms with Crippen LogP contribution >= 0.6 is 0 Å². The molecule has 1 aromatic rings. The van der Waals surface area contributed by atoms with E-state index in [4.69, 9.17) is 5.73 Å². The van der Waals surface area contributed by atoms with Gasteiger partial charge >= 0.3 is 0 Å². The van der Waals surface area contributed by atoms with Crippen LogP contribution in [-0.2, 0) is 7.05 Å². The van der Waals surface area contributed by atoms with Gasteiger partial charge in [0.05, 0.1) is 18.2 Å². The second-order valence-corrected chi connectivity index (χ2v) is 2.07. The smallest absolute Gasteiger partial charge is 0.0948 e. The number of nitrogens with two attached hydrogens (primary N) is 1. The molecule has 0 aliphatic carbocycles. The Morgan fingerprint density at radius 1 is 1.80 bits per heavy atom. The number of aromatic nitrogens is 2. The molecule has 0 radical (unpaired) electrons. The Labute approximate surface area is 60.2 Å². The maximum Gasteiger partial charge on any atom is 0.0948 e. The molecular formula is C7H11N3. The fraction of sp³-hybridized carbons (Fsp3) is 0.286. The first-order chi connectivity index (χ1) is 4.84. The topological polar surface area (TPSA) is 43.8 Å². The van der Waals surface area contributed by atoms with Crippen LogP contribution in [0.3, 0.4) is 0 Å². The van der Waals surface area contributed by atoms with Gasteiger partial charge < -0.3 is 10.3 Å². The van der Waals surface area contributed by atoms with E-state index in [1.54, 1.807) is 12.5 Å². The van der Waals surface area contributed by atoms with Crippen LogP contribution in [0.5, 0.6) is 0 Å². The van der Waals surface area contributed by atoms with Gasteiger partial charge in [0, 0.05) is 13.6 Å². The highest BCUT2D eigenvalue weighted by molar-refractivity contribution is 5.43. The Morgan fingerprint density at radius 3 is 3.10 bits per heavy atom. The highest BCUT2D eigenvalue weighted by atomic mass is 15.0. The first-order valence-corrected chi connectivity index (χ1v) is 3.17. The van der Waals surface area contributed by atoms with Crippen LogP contribution in [0.25, 0.3) is 6.08 Å². The molecule has 10 heavy (non-hydrogen) atoms. The molecule has 0 fully saturated rings. The maximum atomic E-state index is 5.28. The predicted molar refractivity (Wildman–Crippen MR) is 41.3 cm³/mol. The summed E-state index contributed by atoms with van der Waals surface area (Å²) in [6.07, 6.45) is 7.41. The van der Waals surface area contributed by atoms with Gasteiger partial charge in [0.1, 0.15) is 0 Å². The van der Waals surface area contributed by atoms with E-state index >= 15 is 0 Å². The van der Waals surface area contributed by atoms with Crippen molar-refractivity contribution >= 4 is 6.08 Å². The van der Waals surface area contributed by atoms with Crippen molar-refractivity contribution in [2.45, 2.75) is 0 Å². The van der Waals surface area contributed by atoms with Crippen molar-refractivity contribution in [3.8, 4) is 0 Å². The molecule has 2 N–H and O–H groups in total. The van der Waals surface area contributed by atoms with Crippen LogP contribution in [-0.4, -0.2) is 16.1 Å². The summed E-state index contributed by atoms with van der Waals surface area (Å²) >= 11 is 0. The molecule has 1 aromatic heterocycles. The van der Waals surface area contributed by atoms with Crippen molar-refractivity contribution in [1.82, 2.24) is 9.55 Å². The maximum absolute atomic E-state index is 5.28. The van der Waals surface area contributed by atoms with Gasteiger partial charge in [0.15, 0.2) is 0 Å². The Bertz CT molecular complexity index is 225. The summed E-state index contributed by atoms with van der Waals surface area (Å²) in [4.78, 5) is 3.95. The fourth-order valence-corrected chi connectivity index (χ4v) is 0.717. The average Bonchev–Trinajstić information content (AvgIpc) is 2.31. The SMILES string of the molecule is Cn1cncc1C=CCN. The summed E-state index contributed by atoms with van der Waals surface area (Å²) in [7, 11) is 1.95. The normalized spacial score (nSPS) is 11.0. The molecule has 0 aliphatic rings. The van der Waals surface area contributed by atoms with E-state index in [1.807, 2.05) is 23.8 Å². The van der Waals surface area contributed by atoms with E-state index in [0.717, 1.165) is 5.69 Å². The summed E-state index contributed by atoms with van der Waals surface area (Å²) in [5, 5.41) is 0. The number of hydrogen-bond acceptors (Lipinski definition) is 2. The van der Waals surface area contributed by atoms with Crippen LogP contribution in [0.2, 0.25) is 0 Å². The monoisotopic (exact) mass is 137 g/mol. The summed E-state index contributed by atoms with van der Waals surface area (Å²) in [6, 6.07) is 0. The molecule has 0 atom stereocenters. The minimum atomic E-state index is 0.575. The van der Waals surface area contributed by atoms with Crippen LogP contribution in [0, 0.1) is 0 Å². The van der Waals surface area contributed by atoms with E-state index in [0.29, 0.717) is 6.54 Å². The lowest BCUT2D eigenvalue weighted by molar-refractivity contribution is 0.902. The minimum Gasteiger partial charge on any atom is -0.334 e. The third-order valence-corrected chi connectivity index (χ3v) is 1.28. The van der Waals surface area contributed by atoms with Crippen LogP contribution in [0.15, 0.2) is 18.6 Å². The van der Waals surface area contributed by atoms with Crippen molar-refractivity contribution in [1.29, 1.82) is 0 Å². The molecule has 0 unspecified atom stereocenters. The van der Waals surface area contributed by atoms with E-state index in [1.165, 1.54) is 0 Å². The zero-order valence-electron chi connectivity index (χ0n) is 5.99. The quantitative estimate of drug-likeness (QED) is 0.641. The zero-order valence-corrected chi connectivity index (χ0v) is 5.99. The Hall–Kier alpha value is -1.09. The molecule has 3 nitrogen and oxygen atoms in total. The van der Waals surface area contributed by atoms with Gasteiger partial charge in [-0.25, -0.2) is 4.98 Å². The van der Waals surface area contributed by atoms with Crippen molar-refractivity contribution in [3.05, 3.63) is 24.3 Å². The third-order valence-electron chi connectivity index (χ3n) is 1.28. The first kappa shape index (κ1) is 7.02.